The number of halogens is 1. The van der Waals surface area contributed by atoms with Crippen molar-refractivity contribution >= 4 is 11.6 Å². The summed E-state index contributed by atoms with van der Waals surface area (Å²) < 4.78 is 16.1. The highest BCUT2D eigenvalue weighted by molar-refractivity contribution is 6.32. The molecule has 0 spiro atoms. The number of hydrogen-bond acceptors (Lipinski definition) is 6. The highest BCUT2D eigenvalue weighted by Crippen LogP contribution is 2.36. The van der Waals surface area contributed by atoms with Crippen molar-refractivity contribution in [1.82, 2.24) is 10.2 Å². The molecule has 6 nitrogen and oxygen atoms in total. The van der Waals surface area contributed by atoms with Crippen molar-refractivity contribution < 1.29 is 19.0 Å². The highest BCUT2D eigenvalue weighted by Gasteiger charge is 2.13. The number of hydrogen-bond donors (Lipinski definition) is 1. The Morgan fingerprint density at radius 3 is 2.65 bits per heavy atom. The standard InChI is InChI=1S/C13H15ClN2O4/c1-3-11-15-16-12(20-11)7-19-13-9(14)4-8(6-17)5-10(13)18-2/h4-5,17H,3,6-7H2,1-2H3. The van der Waals surface area contributed by atoms with Gasteiger partial charge >= 0.3 is 0 Å². The quantitative estimate of drug-likeness (QED) is 0.882. The molecule has 0 saturated heterocycles. The maximum absolute atomic E-state index is 9.12. The van der Waals surface area contributed by atoms with Crippen LogP contribution in [0.25, 0.3) is 0 Å². The molecule has 0 atom stereocenters. The molecule has 2 aromatic rings. The molecule has 0 unspecified atom stereocenters. The maximum Gasteiger partial charge on any atom is 0.253 e. The molecule has 1 N–H and O–H groups in total. The Bertz CT molecular complexity index is 586. The molecule has 1 aromatic heterocycles. The predicted molar refractivity (Wildman–Crippen MR) is 71.9 cm³/mol. The van der Waals surface area contributed by atoms with Gasteiger partial charge in [-0.2, -0.15) is 0 Å². The number of aromatic nitrogens is 2. The fraction of sp³-hybridized carbons (Fsp3) is 0.385. The average Bonchev–Trinajstić information content (AvgIpc) is 2.93. The van der Waals surface area contributed by atoms with Gasteiger partial charge in [-0.25, -0.2) is 0 Å². The summed E-state index contributed by atoms with van der Waals surface area (Å²) in [6.07, 6.45) is 0.669. The first-order valence-corrected chi connectivity index (χ1v) is 6.47. The largest absolute Gasteiger partial charge is 0.493 e. The van der Waals surface area contributed by atoms with Gasteiger partial charge in [0.1, 0.15) is 0 Å². The minimum absolute atomic E-state index is 0.0988. The zero-order valence-electron chi connectivity index (χ0n) is 11.2. The molecule has 0 saturated carbocycles. The minimum Gasteiger partial charge on any atom is -0.493 e. The first kappa shape index (κ1) is 14.6. The van der Waals surface area contributed by atoms with E-state index in [1.165, 1.54) is 7.11 Å². The third-order valence-electron chi connectivity index (χ3n) is 2.62. The monoisotopic (exact) mass is 298 g/mol. The van der Waals surface area contributed by atoms with Crippen molar-refractivity contribution in [3.05, 3.63) is 34.5 Å². The first-order chi connectivity index (χ1) is 9.67. The first-order valence-electron chi connectivity index (χ1n) is 6.09. The average molecular weight is 299 g/mol. The molecule has 1 heterocycles. The van der Waals surface area contributed by atoms with Crippen LogP contribution in [-0.4, -0.2) is 22.4 Å². The zero-order chi connectivity index (χ0) is 14.5. The van der Waals surface area contributed by atoms with Crippen molar-refractivity contribution in [2.45, 2.75) is 26.6 Å². The van der Waals surface area contributed by atoms with E-state index >= 15 is 0 Å². The van der Waals surface area contributed by atoms with Crippen molar-refractivity contribution in [3.8, 4) is 11.5 Å². The third-order valence-corrected chi connectivity index (χ3v) is 2.90. The van der Waals surface area contributed by atoms with E-state index in [4.69, 9.17) is 30.6 Å². The Morgan fingerprint density at radius 1 is 1.30 bits per heavy atom. The number of aliphatic hydroxyl groups excluding tert-OH is 1. The lowest BCUT2D eigenvalue weighted by Gasteiger charge is -2.12. The topological polar surface area (TPSA) is 77.6 Å². The number of ether oxygens (including phenoxy) is 2. The van der Waals surface area contributed by atoms with Gasteiger partial charge in [-0.1, -0.05) is 18.5 Å². The third kappa shape index (κ3) is 3.20. The zero-order valence-corrected chi connectivity index (χ0v) is 12.0. The van der Waals surface area contributed by atoms with Crippen LogP contribution in [0.5, 0.6) is 11.5 Å². The summed E-state index contributed by atoms with van der Waals surface area (Å²) in [6, 6.07) is 3.27. The molecule has 108 valence electrons. The summed E-state index contributed by atoms with van der Waals surface area (Å²) in [5.41, 5.74) is 0.644. The second-order valence-corrected chi connectivity index (χ2v) is 4.41. The summed E-state index contributed by atoms with van der Waals surface area (Å²) in [5, 5.41) is 17.2. The van der Waals surface area contributed by atoms with Gasteiger partial charge in [-0.3, -0.25) is 0 Å². The molecule has 0 aliphatic rings. The molecule has 0 radical (unpaired) electrons. The maximum atomic E-state index is 9.12. The summed E-state index contributed by atoms with van der Waals surface area (Å²) in [6.45, 7) is 1.90. The van der Waals surface area contributed by atoms with Crippen LogP contribution < -0.4 is 9.47 Å². The summed E-state index contributed by atoms with van der Waals surface area (Å²) >= 11 is 6.11. The van der Waals surface area contributed by atoms with Crippen LogP contribution in [0.4, 0.5) is 0 Å². The highest BCUT2D eigenvalue weighted by atomic mass is 35.5. The summed E-state index contributed by atoms with van der Waals surface area (Å²) in [4.78, 5) is 0. The van der Waals surface area contributed by atoms with Crippen LogP contribution >= 0.6 is 11.6 Å². The fourth-order valence-electron chi connectivity index (χ4n) is 1.63. The lowest BCUT2D eigenvalue weighted by atomic mass is 10.2. The molecule has 0 aliphatic carbocycles. The number of nitrogens with zero attached hydrogens (tertiary/aromatic N) is 2. The molecular formula is C13H15ClN2O4. The molecule has 0 aliphatic heterocycles. The van der Waals surface area contributed by atoms with E-state index in [0.717, 1.165) is 0 Å². The van der Waals surface area contributed by atoms with E-state index < -0.39 is 0 Å². The molecule has 0 bridgehead atoms. The van der Waals surface area contributed by atoms with Crippen LogP contribution in [0.1, 0.15) is 24.3 Å². The fourth-order valence-corrected chi connectivity index (χ4v) is 1.92. The normalized spacial score (nSPS) is 10.6. The Labute approximate surface area is 121 Å². The predicted octanol–water partition coefficient (Wildman–Crippen LogP) is 2.37. The molecule has 0 amide bonds. The van der Waals surface area contributed by atoms with Crippen LogP contribution in [0.3, 0.4) is 0 Å². The number of rotatable bonds is 6. The lowest BCUT2D eigenvalue weighted by molar-refractivity contribution is 0.246. The smallest absolute Gasteiger partial charge is 0.253 e. The molecule has 7 heteroatoms. The van der Waals surface area contributed by atoms with Crippen molar-refractivity contribution in [3.63, 3.8) is 0 Å². The van der Waals surface area contributed by atoms with Gasteiger partial charge in [0, 0.05) is 6.42 Å². The number of methoxy groups -OCH3 is 1. The molecule has 0 fully saturated rings. The van der Waals surface area contributed by atoms with Crippen LogP contribution in [-0.2, 0) is 19.6 Å². The van der Waals surface area contributed by atoms with Gasteiger partial charge in [0.25, 0.3) is 5.89 Å². The van der Waals surface area contributed by atoms with E-state index in [1.54, 1.807) is 12.1 Å². The van der Waals surface area contributed by atoms with E-state index in [2.05, 4.69) is 10.2 Å². The van der Waals surface area contributed by atoms with E-state index in [0.29, 0.717) is 40.3 Å². The van der Waals surface area contributed by atoms with Gasteiger partial charge in [0.2, 0.25) is 5.89 Å². The Morgan fingerprint density at radius 2 is 2.05 bits per heavy atom. The van der Waals surface area contributed by atoms with E-state index in [1.807, 2.05) is 6.92 Å². The van der Waals surface area contributed by atoms with Crippen molar-refractivity contribution in [2.75, 3.05) is 7.11 Å². The number of aliphatic hydroxyl groups is 1. The number of benzene rings is 1. The lowest BCUT2D eigenvalue weighted by Crippen LogP contribution is -2.00. The van der Waals surface area contributed by atoms with E-state index in [-0.39, 0.29) is 13.2 Å². The molecule has 20 heavy (non-hydrogen) atoms. The minimum atomic E-state index is -0.125. The Kier molecular flexibility index (Phi) is 4.81. The van der Waals surface area contributed by atoms with Crippen LogP contribution in [0, 0.1) is 0 Å². The second kappa shape index (κ2) is 6.58. The summed E-state index contributed by atoms with van der Waals surface area (Å²) in [7, 11) is 1.50. The van der Waals surface area contributed by atoms with E-state index in [9.17, 15) is 0 Å². The molecule has 2 rings (SSSR count). The molecule has 1 aromatic carbocycles. The Balaban J connectivity index is 2.16. The van der Waals surface area contributed by atoms with Gasteiger partial charge in [-0.05, 0) is 17.7 Å². The van der Waals surface area contributed by atoms with Gasteiger partial charge < -0.3 is 19.0 Å². The Hall–Kier alpha value is -1.79. The molecular weight excluding hydrogens is 284 g/mol. The number of aryl methyl sites for hydroxylation is 1. The summed E-state index contributed by atoms with van der Waals surface area (Å²) in [5.74, 6) is 1.74. The SMILES string of the molecule is CCc1nnc(COc2c(Cl)cc(CO)cc2OC)o1. The van der Waals surface area contributed by atoms with Gasteiger partial charge in [0.05, 0.1) is 18.7 Å². The van der Waals surface area contributed by atoms with Gasteiger partial charge in [0.15, 0.2) is 18.1 Å². The second-order valence-electron chi connectivity index (χ2n) is 4.00. The van der Waals surface area contributed by atoms with Crippen molar-refractivity contribution in [1.29, 1.82) is 0 Å². The van der Waals surface area contributed by atoms with Gasteiger partial charge in [-0.15, -0.1) is 10.2 Å². The van der Waals surface area contributed by atoms with Crippen LogP contribution in [0.15, 0.2) is 16.5 Å². The van der Waals surface area contributed by atoms with Crippen molar-refractivity contribution in [2.24, 2.45) is 0 Å². The van der Waals surface area contributed by atoms with Crippen LogP contribution in [0.2, 0.25) is 5.02 Å².